The fraction of sp³-hybridized carbons (Fsp3) is 0.875. The molecule has 0 spiro atoms. The van der Waals surface area contributed by atoms with Crippen molar-refractivity contribution in [1.29, 1.82) is 5.41 Å². The first-order valence-electron chi connectivity index (χ1n) is 3.89. The lowest BCUT2D eigenvalue weighted by Gasteiger charge is -2.16. The van der Waals surface area contributed by atoms with E-state index in [0.29, 0.717) is 5.92 Å². The molecule has 0 bridgehead atoms. The number of nitrogens with one attached hydrogen (secondary N) is 2. The Bertz CT molecular complexity index is 97.8. The summed E-state index contributed by atoms with van der Waals surface area (Å²) in [7, 11) is 1.89. The van der Waals surface area contributed by atoms with Crippen LogP contribution in [0.1, 0.15) is 27.2 Å². The molecule has 60 valence electrons. The van der Waals surface area contributed by atoms with Crippen LogP contribution in [0.5, 0.6) is 0 Å². The highest BCUT2D eigenvalue weighted by atomic mass is 14.9. The van der Waals surface area contributed by atoms with Crippen LogP contribution in [-0.2, 0) is 0 Å². The van der Waals surface area contributed by atoms with Gasteiger partial charge in [0.25, 0.3) is 0 Å². The van der Waals surface area contributed by atoms with Gasteiger partial charge in [-0.15, -0.1) is 0 Å². The molecule has 2 heteroatoms. The summed E-state index contributed by atoms with van der Waals surface area (Å²) < 4.78 is 0. The fourth-order valence-corrected chi connectivity index (χ4v) is 0.802. The molecule has 0 fully saturated rings. The van der Waals surface area contributed by atoms with Crippen LogP contribution >= 0.6 is 0 Å². The first-order valence-corrected chi connectivity index (χ1v) is 3.89. The zero-order chi connectivity index (χ0) is 8.15. The van der Waals surface area contributed by atoms with E-state index < -0.39 is 0 Å². The minimum absolute atomic E-state index is 0.231. The van der Waals surface area contributed by atoms with Crippen molar-refractivity contribution in [2.24, 2.45) is 5.92 Å². The molecule has 0 radical (unpaired) electrons. The van der Waals surface area contributed by atoms with E-state index in [0.717, 1.165) is 12.1 Å². The Hall–Kier alpha value is -0.370. The van der Waals surface area contributed by atoms with E-state index in [1.54, 1.807) is 0 Å². The van der Waals surface area contributed by atoms with Crippen molar-refractivity contribution >= 4 is 5.71 Å². The van der Waals surface area contributed by atoms with Crippen molar-refractivity contribution in [3.63, 3.8) is 0 Å². The predicted molar refractivity (Wildman–Crippen MR) is 45.7 cm³/mol. The molecule has 2 nitrogen and oxygen atoms in total. The van der Waals surface area contributed by atoms with Gasteiger partial charge < -0.3 is 10.7 Å². The van der Waals surface area contributed by atoms with Gasteiger partial charge in [0.05, 0.1) is 0 Å². The first-order chi connectivity index (χ1) is 4.63. The zero-order valence-corrected chi connectivity index (χ0v) is 7.36. The van der Waals surface area contributed by atoms with Crippen LogP contribution < -0.4 is 5.32 Å². The molecule has 0 amide bonds. The monoisotopic (exact) mass is 142 g/mol. The Labute approximate surface area is 63.5 Å². The second-order valence-electron chi connectivity index (χ2n) is 2.78. The summed E-state index contributed by atoms with van der Waals surface area (Å²) in [5.41, 5.74) is 0.810. The Morgan fingerprint density at radius 3 is 2.30 bits per heavy atom. The van der Waals surface area contributed by atoms with E-state index >= 15 is 0 Å². The van der Waals surface area contributed by atoms with Crippen LogP contribution in [0.2, 0.25) is 0 Å². The second-order valence-corrected chi connectivity index (χ2v) is 2.78. The zero-order valence-electron chi connectivity index (χ0n) is 7.36. The minimum Gasteiger partial charge on any atom is -0.312 e. The van der Waals surface area contributed by atoms with Gasteiger partial charge in [-0.05, 0) is 26.3 Å². The summed E-state index contributed by atoms with van der Waals surface area (Å²) in [5.74, 6) is 0.419. The Kier molecular flexibility index (Phi) is 4.28. The normalized spacial score (nSPS) is 16.4. The molecule has 0 aliphatic heterocycles. The Balaban J connectivity index is 3.82. The van der Waals surface area contributed by atoms with Crippen LogP contribution in [0.4, 0.5) is 0 Å². The molecule has 10 heavy (non-hydrogen) atoms. The van der Waals surface area contributed by atoms with Crippen molar-refractivity contribution < 1.29 is 0 Å². The highest BCUT2D eigenvalue weighted by Crippen LogP contribution is 2.04. The third kappa shape index (κ3) is 2.48. The van der Waals surface area contributed by atoms with Gasteiger partial charge in [-0.3, -0.25) is 0 Å². The molecule has 0 saturated carbocycles. The Morgan fingerprint density at radius 2 is 2.00 bits per heavy atom. The van der Waals surface area contributed by atoms with Crippen LogP contribution in [0.3, 0.4) is 0 Å². The molecule has 2 unspecified atom stereocenters. The third-order valence-corrected chi connectivity index (χ3v) is 2.04. The van der Waals surface area contributed by atoms with Crippen LogP contribution in [0.25, 0.3) is 0 Å². The standard InChI is InChI=1S/C8H18N2/c1-5-6(2)8(9)7(3)10-4/h6-7,9-10H,5H2,1-4H3. The first kappa shape index (κ1) is 9.63. The lowest BCUT2D eigenvalue weighted by Crippen LogP contribution is -2.33. The summed E-state index contributed by atoms with van der Waals surface area (Å²) in [6.45, 7) is 6.23. The molecule has 0 aromatic carbocycles. The summed E-state index contributed by atoms with van der Waals surface area (Å²) in [6, 6.07) is 0.231. The topological polar surface area (TPSA) is 35.9 Å². The van der Waals surface area contributed by atoms with E-state index in [-0.39, 0.29) is 6.04 Å². The average Bonchev–Trinajstić information content (AvgIpc) is 2.00. The van der Waals surface area contributed by atoms with Gasteiger partial charge in [-0.2, -0.15) is 0 Å². The summed E-state index contributed by atoms with van der Waals surface area (Å²) in [6.07, 6.45) is 1.06. The molecule has 0 aromatic heterocycles. The largest absolute Gasteiger partial charge is 0.312 e. The molecule has 0 aliphatic carbocycles. The lowest BCUT2D eigenvalue weighted by molar-refractivity contribution is 0.658. The maximum atomic E-state index is 7.64. The van der Waals surface area contributed by atoms with Gasteiger partial charge in [0, 0.05) is 11.8 Å². The third-order valence-electron chi connectivity index (χ3n) is 2.04. The molecular formula is C8H18N2. The van der Waals surface area contributed by atoms with E-state index in [9.17, 15) is 0 Å². The highest BCUT2D eigenvalue weighted by molar-refractivity contribution is 5.88. The maximum Gasteiger partial charge on any atom is 0.0419 e. The SMILES string of the molecule is CCC(C)C(=N)C(C)NC. The van der Waals surface area contributed by atoms with Crippen molar-refractivity contribution in [2.45, 2.75) is 33.2 Å². The minimum atomic E-state index is 0.231. The number of hydrogen-bond donors (Lipinski definition) is 2. The molecule has 2 N–H and O–H groups in total. The van der Waals surface area contributed by atoms with Crippen molar-refractivity contribution in [3.8, 4) is 0 Å². The average molecular weight is 142 g/mol. The maximum absolute atomic E-state index is 7.64. The smallest absolute Gasteiger partial charge is 0.0419 e. The summed E-state index contributed by atoms with van der Waals surface area (Å²) >= 11 is 0. The van der Waals surface area contributed by atoms with Gasteiger partial charge in [-0.1, -0.05) is 13.8 Å². The molecule has 0 saturated heterocycles. The van der Waals surface area contributed by atoms with Gasteiger partial charge in [0.2, 0.25) is 0 Å². The molecule has 0 aromatic rings. The predicted octanol–water partition coefficient (Wildman–Crippen LogP) is 1.66. The second kappa shape index (κ2) is 4.45. The molecule has 0 aliphatic rings. The van der Waals surface area contributed by atoms with E-state index in [4.69, 9.17) is 5.41 Å². The van der Waals surface area contributed by atoms with Gasteiger partial charge in [0.1, 0.15) is 0 Å². The highest BCUT2D eigenvalue weighted by Gasteiger charge is 2.11. The summed E-state index contributed by atoms with van der Waals surface area (Å²) in [5, 5.41) is 10.7. The van der Waals surface area contributed by atoms with Crippen molar-refractivity contribution in [2.75, 3.05) is 7.05 Å². The summed E-state index contributed by atoms with van der Waals surface area (Å²) in [4.78, 5) is 0. The van der Waals surface area contributed by atoms with Crippen molar-refractivity contribution in [1.82, 2.24) is 5.32 Å². The van der Waals surface area contributed by atoms with Gasteiger partial charge in [0.15, 0.2) is 0 Å². The van der Waals surface area contributed by atoms with Crippen molar-refractivity contribution in [3.05, 3.63) is 0 Å². The van der Waals surface area contributed by atoms with Crippen LogP contribution in [0.15, 0.2) is 0 Å². The lowest BCUT2D eigenvalue weighted by atomic mass is 9.98. The van der Waals surface area contributed by atoms with Crippen LogP contribution in [0, 0.1) is 11.3 Å². The van der Waals surface area contributed by atoms with Crippen LogP contribution in [-0.4, -0.2) is 18.8 Å². The number of rotatable bonds is 4. The molecule has 0 heterocycles. The van der Waals surface area contributed by atoms with E-state index in [2.05, 4.69) is 19.2 Å². The molecule has 2 atom stereocenters. The van der Waals surface area contributed by atoms with Gasteiger partial charge in [-0.25, -0.2) is 0 Å². The number of hydrogen-bond acceptors (Lipinski definition) is 2. The quantitative estimate of drug-likeness (QED) is 0.575. The molecule has 0 rings (SSSR count). The molecular weight excluding hydrogens is 124 g/mol. The fourth-order valence-electron chi connectivity index (χ4n) is 0.802. The Morgan fingerprint density at radius 1 is 1.50 bits per heavy atom. The van der Waals surface area contributed by atoms with Gasteiger partial charge >= 0.3 is 0 Å². The van der Waals surface area contributed by atoms with E-state index in [1.807, 2.05) is 14.0 Å². The van der Waals surface area contributed by atoms with E-state index in [1.165, 1.54) is 0 Å².